The Hall–Kier alpha value is -4.41. The van der Waals surface area contributed by atoms with Gasteiger partial charge in [-0.2, -0.15) is 0 Å². The average molecular weight is 559 g/mol. The number of benzene rings is 3. The Bertz CT molecular complexity index is 1510. The fourth-order valence-corrected chi connectivity index (χ4v) is 4.49. The monoisotopic (exact) mass is 558 g/mol. The Morgan fingerprint density at radius 1 is 0.951 bits per heavy atom. The summed E-state index contributed by atoms with van der Waals surface area (Å²) in [6.07, 6.45) is 1.03. The summed E-state index contributed by atoms with van der Waals surface area (Å²) in [5.41, 5.74) is 2.30. The summed E-state index contributed by atoms with van der Waals surface area (Å²) >= 11 is 0. The summed E-state index contributed by atoms with van der Waals surface area (Å²) in [6.45, 7) is 7.39. The van der Waals surface area contributed by atoms with Crippen LogP contribution in [0.3, 0.4) is 0 Å². The zero-order valence-electron chi connectivity index (χ0n) is 23.0. The molecular weight excluding hydrogens is 526 g/mol. The number of carbonyl (C=O) groups excluding carboxylic acids is 1. The minimum absolute atomic E-state index is 0.0291. The number of ether oxygens (including phenoxy) is 1. The summed E-state index contributed by atoms with van der Waals surface area (Å²) in [4.78, 5) is 25.8. The van der Waals surface area contributed by atoms with Crippen LogP contribution in [-0.4, -0.2) is 72.1 Å². The largest absolute Gasteiger partial charge is 0.492 e. The van der Waals surface area contributed by atoms with Gasteiger partial charge in [-0.15, -0.1) is 0 Å². The number of amides is 1. The van der Waals surface area contributed by atoms with Crippen molar-refractivity contribution in [2.75, 3.05) is 57.0 Å². The smallest absolute Gasteiger partial charge is 0.255 e. The van der Waals surface area contributed by atoms with Gasteiger partial charge in [0.2, 0.25) is 5.95 Å². The van der Waals surface area contributed by atoms with Crippen molar-refractivity contribution in [1.29, 1.82) is 0 Å². The summed E-state index contributed by atoms with van der Waals surface area (Å²) in [5.74, 6) is -1.04. The van der Waals surface area contributed by atoms with Crippen LogP contribution in [-0.2, 0) is 0 Å². The average Bonchev–Trinajstić information content (AvgIpc) is 2.98. The molecule has 1 aliphatic rings. The summed E-state index contributed by atoms with van der Waals surface area (Å²) in [7, 11) is 2.13. The van der Waals surface area contributed by atoms with Crippen LogP contribution in [0.1, 0.15) is 15.9 Å². The number of carbonyl (C=O) groups is 1. The number of rotatable bonds is 9. The predicted molar refractivity (Wildman–Crippen MR) is 156 cm³/mol. The maximum Gasteiger partial charge on any atom is 0.255 e. The van der Waals surface area contributed by atoms with Crippen LogP contribution in [0.5, 0.6) is 5.75 Å². The number of aryl methyl sites for hydroxylation is 1. The molecule has 1 fully saturated rings. The van der Waals surface area contributed by atoms with E-state index in [1.54, 1.807) is 30.3 Å². The van der Waals surface area contributed by atoms with E-state index in [2.05, 4.69) is 37.4 Å². The quantitative estimate of drug-likeness (QED) is 0.287. The van der Waals surface area contributed by atoms with Crippen molar-refractivity contribution >= 4 is 23.2 Å². The number of aromatic nitrogens is 2. The normalized spacial score (nSPS) is 14.0. The SMILES string of the molecule is Cc1ccc(OCCN2CCN(C)CC2)cc1NC(=O)c1ccc(Nc2ncc(F)c(-c3ccccc3)n2)c(F)c1. The van der Waals surface area contributed by atoms with Crippen molar-refractivity contribution in [3.8, 4) is 17.0 Å². The van der Waals surface area contributed by atoms with Gasteiger partial charge in [-0.3, -0.25) is 9.69 Å². The second kappa shape index (κ2) is 12.8. The zero-order chi connectivity index (χ0) is 28.8. The van der Waals surface area contributed by atoms with Gasteiger partial charge in [0, 0.05) is 55.6 Å². The Kier molecular flexibility index (Phi) is 8.81. The molecule has 8 nitrogen and oxygen atoms in total. The lowest BCUT2D eigenvalue weighted by atomic mass is 10.1. The van der Waals surface area contributed by atoms with Gasteiger partial charge in [0.1, 0.15) is 23.9 Å². The van der Waals surface area contributed by atoms with Gasteiger partial charge in [0.15, 0.2) is 5.82 Å². The molecule has 4 aromatic rings. The lowest BCUT2D eigenvalue weighted by Crippen LogP contribution is -2.45. The van der Waals surface area contributed by atoms with Crippen LogP contribution in [0.4, 0.5) is 26.1 Å². The van der Waals surface area contributed by atoms with Crippen molar-refractivity contribution in [3.63, 3.8) is 0 Å². The van der Waals surface area contributed by atoms with E-state index in [0.717, 1.165) is 50.6 Å². The maximum absolute atomic E-state index is 15.0. The molecule has 2 N–H and O–H groups in total. The summed E-state index contributed by atoms with van der Waals surface area (Å²) in [6, 6.07) is 18.4. The number of halogens is 2. The molecule has 0 bridgehead atoms. The molecular formula is C31H32F2N6O2. The lowest BCUT2D eigenvalue weighted by molar-refractivity contribution is 0.102. The molecule has 1 saturated heterocycles. The fraction of sp³-hybridized carbons (Fsp3) is 0.258. The molecule has 1 aliphatic heterocycles. The van der Waals surface area contributed by atoms with E-state index in [1.807, 2.05) is 25.1 Å². The molecule has 0 saturated carbocycles. The molecule has 1 aromatic heterocycles. The Balaban J connectivity index is 1.21. The van der Waals surface area contributed by atoms with E-state index >= 15 is 0 Å². The van der Waals surface area contributed by atoms with E-state index in [1.165, 1.54) is 12.1 Å². The summed E-state index contributed by atoms with van der Waals surface area (Å²) in [5, 5.41) is 5.62. The topological polar surface area (TPSA) is 82.6 Å². The Labute approximate surface area is 238 Å². The third-order valence-corrected chi connectivity index (χ3v) is 7.00. The van der Waals surface area contributed by atoms with Crippen LogP contribution in [0.2, 0.25) is 0 Å². The highest BCUT2D eigenvalue weighted by molar-refractivity contribution is 6.05. The summed E-state index contributed by atoms with van der Waals surface area (Å²) < 4.78 is 35.3. The maximum atomic E-state index is 15.0. The third kappa shape index (κ3) is 7.22. The highest BCUT2D eigenvalue weighted by Crippen LogP contribution is 2.26. The van der Waals surface area contributed by atoms with E-state index in [4.69, 9.17) is 4.74 Å². The van der Waals surface area contributed by atoms with Gasteiger partial charge in [-0.05, 0) is 43.8 Å². The Morgan fingerprint density at radius 2 is 1.73 bits per heavy atom. The van der Waals surface area contributed by atoms with Crippen LogP contribution in [0, 0.1) is 18.6 Å². The molecule has 5 rings (SSSR count). The molecule has 2 heterocycles. The van der Waals surface area contributed by atoms with Crippen LogP contribution in [0.25, 0.3) is 11.3 Å². The molecule has 0 aliphatic carbocycles. The number of hydrogen-bond acceptors (Lipinski definition) is 7. The van der Waals surface area contributed by atoms with E-state index in [-0.39, 0.29) is 22.9 Å². The number of anilines is 3. The third-order valence-electron chi connectivity index (χ3n) is 7.00. The predicted octanol–water partition coefficient (Wildman–Crippen LogP) is 5.35. The minimum Gasteiger partial charge on any atom is -0.492 e. The molecule has 41 heavy (non-hydrogen) atoms. The first-order valence-electron chi connectivity index (χ1n) is 13.5. The van der Waals surface area contributed by atoms with E-state index in [9.17, 15) is 13.6 Å². The first-order chi connectivity index (χ1) is 19.9. The van der Waals surface area contributed by atoms with Gasteiger partial charge in [-0.1, -0.05) is 36.4 Å². The number of nitrogens with zero attached hydrogens (tertiary/aromatic N) is 4. The molecule has 0 radical (unpaired) electrons. The molecule has 3 aromatic carbocycles. The second-order valence-corrected chi connectivity index (χ2v) is 10.0. The first kappa shape index (κ1) is 28.1. The van der Waals surface area contributed by atoms with Crippen molar-refractivity contribution in [2.24, 2.45) is 0 Å². The molecule has 1 amide bonds. The van der Waals surface area contributed by atoms with Crippen molar-refractivity contribution in [3.05, 3.63) is 95.7 Å². The van der Waals surface area contributed by atoms with Gasteiger partial charge < -0.3 is 20.3 Å². The van der Waals surface area contributed by atoms with Gasteiger partial charge in [0.25, 0.3) is 5.91 Å². The van der Waals surface area contributed by atoms with E-state index in [0.29, 0.717) is 23.6 Å². The zero-order valence-corrected chi connectivity index (χ0v) is 23.0. The van der Waals surface area contributed by atoms with Gasteiger partial charge >= 0.3 is 0 Å². The number of piperazine rings is 1. The van der Waals surface area contributed by atoms with Crippen LogP contribution in [0.15, 0.2) is 72.9 Å². The first-order valence-corrected chi connectivity index (χ1v) is 13.5. The van der Waals surface area contributed by atoms with Crippen LogP contribution >= 0.6 is 0 Å². The highest BCUT2D eigenvalue weighted by atomic mass is 19.1. The Morgan fingerprint density at radius 3 is 2.49 bits per heavy atom. The fourth-order valence-electron chi connectivity index (χ4n) is 4.49. The number of nitrogens with one attached hydrogen (secondary N) is 2. The second-order valence-electron chi connectivity index (χ2n) is 10.0. The lowest BCUT2D eigenvalue weighted by Gasteiger charge is -2.32. The van der Waals surface area contributed by atoms with Gasteiger partial charge in [-0.25, -0.2) is 18.7 Å². The van der Waals surface area contributed by atoms with Crippen molar-refractivity contribution in [2.45, 2.75) is 6.92 Å². The molecule has 0 spiro atoms. The highest BCUT2D eigenvalue weighted by Gasteiger charge is 2.16. The minimum atomic E-state index is -0.676. The number of hydrogen-bond donors (Lipinski definition) is 2. The van der Waals surface area contributed by atoms with Crippen LogP contribution < -0.4 is 15.4 Å². The van der Waals surface area contributed by atoms with Crippen molar-refractivity contribution < 1.29 is 18.3 Å². The van der Waals surface area contributed by atoms with Crippen molar-refractivity contribution in [1.82, 2.24) is 19.8 Å². The molecule has 0 unspecified atom stereocenters. The molecule has 10 heteroatoms. The standard InChI is InChI=1S/C31H32F2N6O2/c1-21-8-10-24(41-17-16-39-14-12-38(2)13-15-39)19-28(21)35-30(40)23-9-11-27(25(32)18-23)36-31-34-20-26(33)29(37-31)22-6-4-3-5-7-22/h3-11,18-20H,12-17H2,1-2H3,(H,35,40)(H,34,36,37). The van der Waals surface area contributed by atoms with E-state index < -0.39 is 17.5 Å². The molecule has 212 valence electrons. The molecule has 0 atom stereocenters. The van der Waals surface area contributed by atoms with Gasteiger partial charge in [0.05, 0.1) is 11.9 Å². The number of likely N-dealkylation sites (N-methyl/N-ethyl adjacent to an activating group) is 1.